The lowest BCUT2D eigenvalue weighted by atomic mass is 9.93. The van der Waals surface area contributed by atoms with Crippen LogP contribution in [0.5, 0.6) is 0 Å². The molecule has 60 valence electrons. The second-order valence-electron chi connectivity index (χ2n) is 4.19. The van der Waals surface area contributed by atoms with E-state index >= 15 is 0 Å². The minimum absolute atomic E-state index is 0.0878. The Balaban J connectivity index is 2.46. The van der Waals surface area contributed by atoms with Crippen LogP contribution < -0.4 is 0 Å². The van der Waals surface area contributed by atoms with Crippen LogP contribution in [0.4, 0.5) is 0 Å². The molecule has 1 heterocycles. The van der Waals surface area contributed by atoms with E-state index in [2.05, 4.69) is 0 Å². The molecule has 0 unspecified atom stereocenters. The lowest BCUT2D eigenvalue weighted by Gasteiger charge is -2.37. The van der Waals surface area contributed by atoms with Crippen molar-refractivity contribution in [1.82, 2.24) is 0 Å². The highest BCUT2D eigenvalue weighted by Gasteiger charge is 2.33. The maximum atomic E-state index is 5.18. The van der Waals surface area contributed by atoms with Crippen LogP contribution in [0, 0.1) is 0 Å². The van der Waals surface area contributed by atoms with Crippen molar-refractivity contribution in [2.24, 2.45) is 0 Å². The van der Waals surface area contributed by atoms with Crippen molar-refractivity contribution in [2.45, 2.75) is 51.7 Å². The molecule has 1 fully saturated rings. The third kappa shape index (κ3) is 1.96. The normalized spacial score (nSPS) is 30.0. The Bertz CT molecular complexity index is 99.2. The molecule has 1 aliphatic rings. The Morgan fingerprint density at radius 3 is 1.30 bits per heavy atom. The molecule has 0 atom stereocenters. The SMILES string of the molecule is CC1(C)CCC(C)(C)OO1. The van der Waals surface area contributed by atoms with Crippen LogP contribution in [0.25, 0.3) is 0 Å². The van der Waals surface area contributed by atoms with Gasteiger partial charge in [0, 0.05) is 0 Å². The van der Waals surface area contributed by atoms with Crippen molar-refractivity contribution < 1.29 is 9.78 Å². The molecule has 0 N–H and O–H groups in total. The van der Waals surface area contributed by atoms with E-state index in [4.69, 9.17) is 9.78 Å². The summed E-state index contributed by atoms with van der Waals surface area (Å²) < 4.78 is 0. The third-order valence-corrected chi connectivity index (χ3v) is 1.82. The maximum Gasteiger partial charge on any atom is 0.0981 e. The fourth-order valence-corrected chi connectivity index (χ4v) is 0.911. The monoisotopic (exact) mass is 144 g/mol. The zero-order chi connectivity index (χ0) is 7.83. The molecule has 1 rings (SSSR count). The van der Waals surface area contributed by atoms with Crippen LogP contribution in [-0.4, -0.2) is 11.2 Å². The highest BCUT2D eigenvalue weighted by atomic mass is 17.2. The molecule has 0 saturated carbocycles. The topological polar surface area (TPSA) is 18.5 Å². The Morgan fingerprint density at radius 2 is 1.10 bits per heavy atom. The maximum absolute atomic E-state index is 5.18. The molecular weight excluding hydrogens is 128 g/mol. The number of hydrogen-bond acceptors (Lipinski definition) is 2. The summed E-state index contributed by atoms with van der Waals surface area (Å²) in [5.74, 6) is 0. The Hall–Kier alpha value is -0.0800. The van der Waals surface area contributed by atoms with E-state index in [0.29, 0.717) is 0 Å². The summed E-state index contributed by atoms with van der Waals surface area (Å²) in [5, 5.41) is 0. The molecule has 2 nitrogen and oxygen atoms in total. The fourth-order valence-electron chi connectivity index (χ4n) is 0.911. The van der Waals surface area contributed by atoms with Crippen LogP contribution >= 0.6 is 0 Å². The molecular formula is C8H16O2. The van der Waals surface area contributed by atoms with Crippen LogP contribution in [-0.2, 0) is 9.78 Å². The van der Waals surface area contributed by atoms with E-state index in [1.165, 1.54) is 0 Å². The minimum atomic E-state index is -0.0878. The molecule has 0 bridgehead atoms. The first-order valence-electron chi connectivity index (χ1n) is 3.78. The van der Waals surface area contributed by atoms with E-state index in [1.54, 1.807) is 0 Å². The third-order valence-electron chi connectivity index (χ3n) is 1.82. The van der Waals surface area contributed by atoms with Gasteiger partial charge in [-0.05, 0) is 40.5 Å². The average molecular weight is 144 g/mol. The van der Waals surface area contributed by atoms with Crippen LogP contribution in [0.2, 0.25) is 0 Å². The van der Waals surface area contributed by atoms with Gasteiger partial charge in [0.15, 0.2) is 0 Å². The standard InChI is InChI=1S/C8H16O2/c1-7(2)5-6-8(3,4)10-9-7/h5-6H2,1-4H3. The summed E-state index contributed by atoms with van der Waals surface area (Å²) in [7, 11) is 0. The Morgan fingerprint density at radius 1 is 0.800 bits per heavy atom. The molecule has 0 radical (unpaired) electrons. The van der Waals surface area contributed by atoms with E-state index in [-0.39, 0.29) is 11.2 Å². The molecule has 0 aromatic carbocycles. The van der Waals surface area contributed by atoms with Gasteiger partial charge in [0.1, 0.15) is 0 Å². The zero-order valence-electron chi connectivity index (χ0n) is 7.23. The van der Waals surface area contributed by atoms with Gasteiger partial charge in [-0.1, -0.05) is 0 Å². The first kappa shape index (κ1) is 8.02. The van der Waals surface area contributed by atoms with Gasteiger partial charge in [-0.25, -0.2) is 9.78 Å². The molecule has 2 heteroatoms. The van der Waals surface area contributed by atoms with Gasteiger partial charge >= 0.3 is 0 Å². The smallest absolute Gasteiger partial charge is 0.0981 e. The van der Waals surface area contributed by atoms with Crippen molar-refractivity contribution in [3.8, 4) is 0 Å². The predicted molar refractivity (Wildman–Crippen MR) is 39.6 cm³/mol. The Labute approximate surface area is 62.4 Å². The number of hydrogen-bond donors (Lipinski definition) is 0. The van der Waals surface area contributed by atoms with Crippen LogP contribution in [0.3, 0.4) is 0 Å². The minimum Gasteiger partial charge on any atom is -0.230 e. The van der Waals surface area contributed by atoms with Gasteiger partial charge in [0.05, 0.1) is 11.2 Å². The summed E-state index contributed by atoms with van der Waals surface area (Å²) >= 11 is 0. The first-order chi connectivity index (χ1) is 4.41. The largest absolute Gasteiger partial charge is 0.230 e. The lowest BCUT2D eigenvalue weighted by Crippen LogP contribution is -2.39. The van der Waals surface area contributed by atoms with E-state index in [0.717, 1.165) is 12.8 Å². The van der Waals surface area contributed by atoms with Gasteiger partial charge in [0.2, 0.25) is 0 Å². The van der Waals surface area contributed by atoms with Crippen molar-refractivity contribution in [3.05, 3.63) is 0 Å². The second kappa shape index (κ2) is 2.21. The first-order valence-corrected chi connectivity index (χ1v) is 3.78. The van der Waals surface area contributed by atoms with Gasteiger partial charge in [-0.15, -0.1) is 0 Å². The van der Waals surface area contributed by atoms with Crippen molar-refractivity contribution in [2.75, 3.05) is 0 Å². The summed E-state index contributed by atoms with van der Waals surface area (Å²) in [6.45, 7) is 8.18. The van der Waals surface area contributed by atoms with Crippen molar-refractivity contribution in [1.29, 1.82) is 0 Å². The van der Waals surface area contributed by atoms with Gasteiger partial charge in [0.25, 0.3) is 0 Å². The van der Waals surface area contributed by atoms with Crippen molar-refractivity contribution >= 4 is 0 Å². The molecule has 1 aliphatic heterocycles. The van der Waals surface area contributed by atoms with Crippen molar-refractivity contribution in [3.63, 3.8) is 0 Å². The van der Waals surface area contributed by atoms with Gasteiger partial charge < -0.3 is 0 Å². The fraction of sp³-hybridized carbons (Fsp3) is 1.00. The quantitative estimate of drug-likeness (QED) is 0.485. The highest BCUT2D eigenvalue weighted by Crippen LogP contribution is 2.31. The summed E-state index contributed by atoms with van der Waals surface area (Å²) in [6, 6.07) is 0. The molecule has 0 amide bonds. The summed E-state index contributed by atoms with van der Waals surface area (Å²) in [6.07, 6.45) is 2.14. The molecule has 0 aromatic heterocycles. The van der Waals surface area contributed by atoms with E-state index in [9.17, 15) is 0 Å². The molecule has 10 heavy (non-hydrogen) atoms. The van der Waals surface area contributed by atoms with Crippen LogP contribution in [0.1, 0.15) is 40.5 Å². The average Bonchev–Trinajstić information content (AvgIpc) is 1.79. The van der Waals surface area contributed by atoms with Gasteiger partial charge in [-0.3, -0.25) is 0 Å². The second-order valence-corrected chi connectivity index (χ2v) is 4.19. The molecule has 1 saturated heterocycles. The summed E-state index contributed by atoms with van der Waals surface area (Å²) in [5.41, 5.74) is -0.176. The van der Waals surface area contributed by atoms with Crippen LogP contribution in [0.15, 0.2) is 0 Å². The summed E-state index contributed by atoms with van der Waals surface area (Å²) in [4.78, 5) is 10.4. The Kier molecular flexibility index (Phi) is 1.77. The highest BCUT2D eigenvalue weighted by molar-refractivity contribution is 4.78. The lowest BCUT2D eigenvalue weighted by molar-refractivity contribution is -0.425. The van der Waals surface area contributed by atoms with Gasteiger partial charge in [-0.2, -0.15) is 0 Å². The molecule has 0 aliphatic carbocycles. The number of rotatable bonds is 0. The zero-order valence-corrected chi connectivity index (χ0v) is 7.23. The van der Waals surface area contributed by atoms with E-state index in [1.807, 2.05) is 27.7 Å². The molecule has 0 spiro atoms. The predicted octanol–water partition coefficient (Wildman–Crippen LogP) is 2.29. The molecule has 0 aromatic rings. The van der Waals surface area contributed by atoms with E-state index < -0.39 is 0 Å².